The molecule has 2 aromatic rings. The first-order valence-electron chi connectivity index (χ1n) is 9.08. The third kappa shape index (κ3) is 4.55. The van der Waals surface area contributed by atoms with Gasteiger partial charge in [-0.15, -0.1) is 0 Å². The Balaban J connectivity index is 2.22. The maximum Gasteiger partial charge on any atom is 0.0948 e. The lowest BCUT2D eigenvalue weighted by atomic mass is 9.96. The molecule has 0 saturated carbocycles. The number of hydrogen-bond acceptors (Lipinski definition) is 2. The van der Waals surface area contributed by atoms with Crippen LogP contribution in [0.4, 0.5) is 0 Å². The van der Waals surface area contributed by atoms with Gasteiger partial charge in [-0.2, -0.15) is 0 Å². The fourth-order valence-electron chi connectivity index (χ4n) is 3.21. The second-order valence-electron chi connectivity index (χ2n) is 6.50. The zero-order chi connectivity index (χ0) is 16.7. The standard InChI is InChI=1S/C21H31NO/c1-4-6-15-22(16-7-5-2)17(3)21(23)20-14-10-12-18-11-8-9-13-19(18)20/h8-14,17,21,23H,4-7,15-16H2,1-3H3. The molecule has 0 heterocycles. The average molecular weight is 313 g/mol. The van der Waals surface area contributed by atoms with E-state index in [2.05, 4.69) is 68.1 Å². The molecular weight excluding hydrogens is 282 g/mol. The molecular formula is C21H31NO. The molecule has 126 valence electrons. The highest BCUT2D eigenvalue weighted by Crippen LogP contribution is 2.28. The monoisotopic (exact) mass is 313 g/mol. The van der Waals surface area contributed by atoms with Crippen molar-refractivity contribution in [3.63, 3.8) is 0 Å². The lowest BCUT2D eigenvalue weighted by Gasteiger charge is -2.33. The van der Waals surface area contributed by atoms with Gasteiger partial charge in [0.25, 0.3) is 0 Å². The van der Waals surface area contributed by atoms with Gasteiger partial charge in [-0.1, -0.05) is 69.2 Å². The number of fused-ring (bicyclic) bond motifs is 1. The number of rotatable bonds is 9. The molecule has 0 radical (unpaired) electrons. The number of hydrogen-bond donors (Lipinski definition) is 1. The van der Waals surface area contributed by atoms with Gasteiger partial charge in [0, 0.05) is 6.04 Å². The molecule has 0 spiro atoms. The SMILES string of the molecule is CCCCN(CCCC)C(C)C(O)c1cccc2ccccc12. The number of unbranched alkanes of at least 4 members (excludes halogenated alkanes) is 2. The van der Waals surface area contributed by atoms with E-state index >= 15 is 0 Å². The van der Waals surface area contributed by atoms with Crippen molar-refractivity contribution in [2.75, 3.05) is 13.1 Å². The third-order valence-corrected chi connectivity index (χ3v) is 4.77. The molecule has 2 nitrogen and oxygen atoms in total. The highest BCUT2D eigenvalue weighted by Gasteiger charge is 2.23. The fraction of sp³-hybridized carbons (Fsp3) is 0.524. The summed E-state index contributed by atoms with van der Waals surface area (Å²) in [6.07, 6.45) is 4.32. The summed E-state index contributed by atoms with van der Waals surface area (Å²) < 4.78 is 0. The summed E-state index contributed by atoms with van der Waals surface area (Å²) in [5, 5.41) is 13.4. The van der Waals surface area contributed by atoms with Crippen LogP contribution in [0.5, 0.6) is 0 Å². The first-order chi connectivity index (χ1) is 11.2. The molecule has 1 N–H and O–H groups in total. The Morgan fingerprint density at radius 2 is 1.52 bits per heavy atom. The van der Waals surface area contributed by atoms with Crippen molar-refractivity contribution in [1.29, 1.82) is 0 Å². The highest BCUT2D eigenvalue weighted by molar-refractivity contribution is 5.86. The van der Waals surface area contributed by atoms with Crippen LogP contribution in [0, 0.1) is 0 Å². The van der Waals surface area contributed by atoms with Crippen LogP contribution in [0.3, 0.4) is 0 Å². The highest BCUT2D eigenvalue weighted by atomic mass is 16.3. The zero-order valence-corrected chi connectivity index (χ0v) is 14.8. The van der Waals surface area contributed by atoms with Crippen LogP contribution in [0.2, 0.25) is 0 Å². The minimum absolute atomic E-state index is 0.138. The summed E-state index contributed by atoms with van der Waals surface area (Å²) in [5.41, 5.74) is 1.05. The Hall–Kier alpha value is -1.38. The summed E-state index contributed by atoms with van der Waals surface area (Å²) in [7, 11) is 0. The van der Waals surface area contributed by atoms with E-state index < -0.39 is 6.10 Å². The van der Waals surface area contributed by atoms with Gasteiger partial charge in [0.15, 0.2) is 0 Å². The molecule has 0 bridgehead atoms. The predicted molar refractivity (Wildman–Crippen MR) is 99.8 cm³/mol. The van der Waals surface area contributed by atoms with Crippen molar-refractivity contribution >= 4 is 10.8 Å². The van der Waals surface area contributed by atoms with Gasteiger partial charge in [0.05, 0.1) is 6.10 Å². The lowest BCUT2D eigenvalue weighted by Crippen LogP contribution is -2.39. The molecule has 2 heteroatoms. The van der Waals surface area contributed by atoms with Crippen molar-refractivity contribution in [2.45, 2.75) is 58.6 Å². The van der Waals surface area contributed by atoms with E-state index in [9.17, 15) is 5.11 Å². The summed E-state index contributed by atoms with van der Waals surface area (Å²) in [5.74, 6) is 0. The van der Waals surface area contributed by atoms with E-state index in [-0.39, 0.29) is 6.04 Å². The van der Waals surface area contributed by atoms with Crippen LogP contribution >= 0.6 is 0 Å². The van der Waals surface area contributed by atoms with Gasteiger partial charge >= 0.3 is 0 Å². The Morgan fingerprint density at radius 3 is 2.17 bits per heavy atom. The lowest BCUT2D eigenvalue weighted by molar-refractivity contribution is 0.0569. The van der Waals surface area contributed by atoms with Crippen LogP contribution in [0.25, 0.3) is 10.8 Å². The molecule has 2 aromatic carbocycles. The van der Waals surface area contributed by atoms with Crippen molar-refractivity contribution in [3.05, 3.63) is 48.0 Å². The predicted octanol–water partition coefficient (Wildman–Crippen LogP) is 5.16. The van der Waals surface area contributed by atoms with Gasteiger partial charge in [0.2, 0.25) is 0 Å². The molecule has 0 aliphatic heterocycles. The average Bonchev–Trinajstić information content (AvgIpc) is 2.60. The van der Waals surface area contributed by atoms with E-state index in [1.807, 2.05) is 0 Å². The first-order valence-corrected chi connectivity index (χ1v) is 9.08. The van der Waals surface area contributed by atoms with Crippen molar-refractivity contribution in [3.8, 4) is 0 Å². The molecule has 0 fully saturated rings. The summed E-state index contributed by atoms with van der Waals surface area (Å²) >= 11 is 0. The zero-order valence-electron chi connectivity index (χ0n) is 14.8. The van der Waals surface area contributed by atoms with Crippen LogP contribution in [0.1, 0.15) is 58.1 Å². The second-order valence-corrected chi connectivity index (χ2v) is 6.50. The molecule has 0 saturated heterocycles. The Morgan fingerprint density at radius 1 is 0.913 bits per heavy atom. The van der Waals surface area contributed by atoms with Crippen LogP contribution in [-0.2, 0) is 0 Å². The molecule has 23 heavy (non-hydrogen) atoms. The minimum atomic E-state index is -0.449. The Kier molecular flexibility index (Phi) is 7.07. The molecule has 0 aliphatic rings. The summed E-state index contributed by atoms with van der Waals surface area (Å²) in [6.45, 7) is 8.75. The second kappa shape index (κ2) is 9.05. The molecule has 0 aliphatic carbocycles. The Labute approximate surface area is 141 Å². The van der Waals surface area contributed by atoms with Crippen molar-refractivity contribution in [1.82, 2.24) is 4.90 Å². The van der Waals surface area contributed by atoms with Crippen molar-refractivity contribution < 1.29 is 5.11 Å². The number of aliphatic hydroxyl groups excluding tert-OH is 1. The van der Waals surface area contributed by atoms with E-state index in [0.29, 0.717) is 0 Å². The van der Waals surface area contributed by atoms with Gasteiger partial charge in [-0.05, 0) is 49.2 Å². The molecule has 0 amide bonds. The smallest absolute Gasteiger partial charge is 0.0948 e. The van der Waals surface area contributed by atoms with Crippen LogP contribution < -0.4 is 0 Å². The molecule has 2 atom stereocenters. The first kappa shape index (κ1) is 18.0. The number of nitrogens with zero attached hydrogens (tertiary/aromatic N) is 1. The molecule has 2 rings (SSSR count). The maximum absolute atomic E-state index is 11.0. The van der Waals surface area contributed by atoms with E-state index in [0.717, 1.165) is 18.7 Å². The Bertz CT molecular complexity index is 582. The van der Waals surface area contributed by atoms with Gasteiger partial charge < -0.3 is 5.11 Å². The largest absolute Gasteiger partial charge is 0.387 e. The topological polar surface area (TPSA) is 23.5 Å². The van der Waals surface area contributed by atoms with E-state index in [1.165, 1.54) is 36.5 Å². The fourth-order valence-corrected chi connectivity index (χ4v) is 3.21. The third-order valence-electron chi connectivity index (χ3n) is 4.77. The molecule has 2 unspecified atom stereocenters. The van der Waals surface area contributed by atoms with Crippen LogP contribution in [0.15, 0.2) is 42.5 Å². The molecule has 0 aromatic heterocycles. The normalized spacial score (nSPS) is 14.3. The number of aliphatic hydroxyl groups is 1. The van der Waals surface area contributed by atoms with Gasteiger partial charge in [-0.3, -0.25) is 4.90 Å². The van der Waals surface area contributed by atoms with Gasteiger partial charge in [0.1, 0.15) is 0 Å². The van der Waals surface area contributed by atoms with E-state index in [4.69, 9.17) is 0 Å². The quantitative estimate of drug-likeness (QED) is 0.691. The summed E-state index contributed by atoms with van der Waals surface area (Å²) in [6, 6.07) is 14.7. The van der Waals surface area contributed by atoms with Crippen LogP contribution in [-0.4, -0.2) is 29.1 Å². The van der Waals surface area contributed by atoms with Crippen molar-refractivity contribution in [2.24, 2.45) is 0 Å². The van der Waals surface area contributed by atoms with E-state index in [1.54, 1.807) is 0 Å². The maximum atomic E-state index is 11.0. The van der Waals surface area contributed by atoms with Gasteiger partial charge in [-0.25, -0.2) is 0 Å². The number of benzene rings is 2. The minimum Gasteiger partial charge on any atom is -0.387 e. The summed E-state index contributed by atoms with van der Waals surface area (Å²) in [4.78, 5) is 2.46.